The molecule has 0 N–H and O–H groups in total. The van der Waals surface area contributed by atoms with Crippen molar-refractivity contribution in [1.82, 2.24) is 0 Å². The summed E-state index contributed by atoms with van der Waals surface area (Å²) in [6.07, 6.45) is 0.921. The van der Waals surface area contributed by atoms with E-state index in [2.05, 4.69) is 26.6 Å². The molecule has 0 aliphatic heterocycles. The zero-order valence-electron chi connectivity index (χ0n) is 12.8. The molecule has 0 rings (SSSR count). The van der Waals surface area contributed by atoms with Crippen LogP contribution in [0.2, 0.25) is 19.6 Å². The average Bonchev–Trinajstić information content (AvgIpc) is 2.28. The van der Waals surface area contributed by atoms with Crippen LogP contribution >= 0.6 is 0 Å². The Bertz CT molecular complexity index is 265. The third-order valence-electron chi connectivity index (χ3n) is 2.87. The predicted octanol–water partition coefficient (Wildman–Crippen LogP) is 2.98. The van der Waals surface area contributed by atoms with Crippen LogP contribution in [-0.2, 0) is 17.7 Å². The van der Waals surface area contributed by atoms with Crippen LogP contribution in [0.1, 0.15) is 20.3 Å². The van der Waals surface area contributed by atoms with Crippen molar-refractivity contribution in [3.8, 4) is 0 Å². The Morgan fingerprint density at radius 3 is 2.00 bits per heavy atom. The molecule has 0 bridgehead atoms. The van der Waals surface area contributed by atoms with E-state index in [0.29, 0.717) is 6.61 Å². The Balaban J connectivity index is 4.69. The summed E-state index contributed by atoms with van der Waals surface area (Å²) in [5.41, 5.74) is 1.14. The summed E-state index contributed by atoms with van der Waals surface area (Å²) in [4.78, 5) is 0. The highest BCUT2D eigenvalue weighted by Gasteiger charge is 2.44. The number of hydrogen-bond acceptors (Lipinski definition) is 4. The summed E-state index contributed by atoms with van der Waals surface area (Å²) in [5.74, 6) is 0. The van der Waals surface area contributed by atoms with Gasteiger partial charge in [-0.1, -0.05) is 19.1 Å². The first-order valence-electron chi connectivity index (χ1n) is 6.27. The fraction of sp³-hybridized carbons (Fsp3) is 0.833. The molecule has 0 fully saturated rings. The Labute approximate surface area is 114 Å². The molecule has 0 saturated carbocycles. The molecule has 0 amide bonds. The smallest absolute Gasteiger partial charge is 0.413 e. The lowest BCUT2D eigenvalue weighted by Gasteiger charge is -2.37. The highest BCUT2D eigenvalue weighted by atomic mass is 28.5. The highest BCUT2D eigenvalue weighted by molar-refractivity contribution is 6.81. The lowest BCUT2D eigenvalue weighted by atomic mass is 10.4. The van der Waals surface area contributed by atoms with Gasteiger partial charge in [-0.2, -0.15) is 0 Å². The lowest BCUT2D eigenvalue weighted by molar-refractivity contribution is 0.0941. The minimum Gasteiger partial charge on any atom is -0.413 e. The standard InChI is InChI=1S/C12H28O4Si2/c1-9-12(15-10-11(2)3)17(6,7)16-18(8,13-4)14-5/h12H,2,9-10H2,1,3-8H3. The SMILES string of the molecule is C=C(C)COC(CC)[Si](C)(C)O[Si](C)(OC)OC. The molecule has 0 aliphatic rings. The fourth-order valence-electron chi connectivity index (χ4n) is 1.76. The molecule has 1 unspecified atom stereocenters. The van der Waals surface area contributed by atoms with Gasteiger partial charge < -0.3 is 17.7 Å². The maximum Gasteiger partial charge on any atom is 0.486 e. The third kappa shape index (κ3) is 5.77. The summed E-state index contributed by atoms with van der Waals surface area (Å²) in [6, 6.07) is 0. The van der Waals surface area contributed by atoms with Crippen molar-refractivity contribution in [3.05, 3.63) is 12.2 Å². The van der Waals surface area contributed by atoms with Crippen molar-refractivity contribution < 1.29 is 17.7 Å². The summed E-state index contributed by atoms with van der Waals surface area (Å²) < 4.78 is 22.9. The van der Waals surface area contributed by atoms with Crippen molar-refractivity contribution in [2.75, 3.05) is 20.8 Å². The summed E-state index contributed by atoms with van der Waals surface area (Å²) in [6.45, 7) is 14.7. The van der Waals surface area contributed by atoms with Gasteiger partial charge in [0.05, 0.1) is 12.3 Å². The maximum atomic E-state index is 6.19. The van der Waals surface area contributed by atoms with Crippen LogP contribution in [0.4, 0.5) is 0 Å². The van der Waals surface area contributed by atoms with E-state index >= 15 is 0 Å². The number of rotatable bonds is 9. The molecule has 108 valence electrons. The predicted molar refractivity (Wildman–Crippen MR) is 79.0 cm³/mol. The van der Waals surface area contributed by atoms with Gasteiger partial charge in [0.15, 0.2) is 0 Å². The molecule has 18 heavy (non-hydrogen) atoms. The lowest BCUT2D eigenvalue weighted by Crippen LogP contribution is -2.56. The summed E-state index contributed by atoms with van der Waals surface area (Å²) in [5, 5.41) is 0. The molecule has 0 saturated heterocycles. The zero-order chi connectivity index (χ0) is 14.4. The largest absolute Gasteiger partial charge is 0.486 e. The average molecular weight is 293 g/mol. The van der Waals surface area contributed by atoms with E-state index in [1.54, 1.807) is 14.2 Å². The highest BCUT2D eigenvalue weighted by Crippen LogP contribution is 2.23. The minimum absolute atomic E-state index is 0.117. The molecule has 4 nitrogen and oxygen atoms in total. The normalized spacial score (nSPS) is 14.6. The van der Waals surface area contributed by atoms with Gasteiger partial charge in [-0.15, -0.1) is 0 Å². The van der Waals surface area contributed by atoms with E-state index in [1.807, 2.05) is 13.5 Å². The van der Waals surface area contributed by atoms with E-state index in [4.69, 9.17) is 17.7 Å². The molecule has 1 atom stereocenters. The second-order valence-corrected chi connectivity index (χ2v) is 12.3. The second-order valence-electron chi connectivity index (χ2n) is 5.14. The van der Waals surface area contributed by atoms with Crippen molar-refractivity contribution in [2.24, 2.45) is 0 Å². The second kappa shape index (κ2) is 7.57. The van der Waals surface area contributed by atoms with Crippen LogP contribution in [0, 0.1) is 0 Å². The molecule has 0 radical (unpaired) electrons. The van der Waals surface area contributed by atoms with Crippen LogP contribution in [0.3, 0.4) is 0 Å². The number of hydrogen-bond donors (Lipinski definition) is 0. The Morgan fingerprint density at radius 1 is 1.17 bits per heavy atom. The number of ether oxygens (including phenoxy) is 1. The Morgan fingerprint density at radius 2 is 1.67 bits per heavy atom. The Hall–Kier alpha value is 0.0138. The van der Waals surface area contributed by atoms with E-state index in [0.717, 1.165) is 12.0 Å². The third-order valence-corrected chi connectivity index (χ3v) is 10.1. The van der Waals surface area contributed by atoms with Crippen molar-refractivity contribution >= 4 is 17.1 Å². The van der Waals surface area contributed by atoms with E-state index < -0.39 is 17.1 Å². The molecule has 0 spiro atoms. The van der Waals surface area contributed by atoms with Crippen molar-refractivity contribution in [1.29, 1.82) is 0 Å². The van der Waals surface area contributed by atoms with Crippen LogP contribution in [0.15, 0.2) is 12.2 Å². The van der Waals surface area contributed by atoms with Gasteiger partial charge in [-0.3, -0.25) is 0 Å². The van der Waals surface area contributed by atoms with Crippen molar-refractivity contribution in [3.63, 3.8) is 0 Å². The van der Waals surface area contributed by atoms with Crippen LogP contribution in [0.5, 0.6) is 0 Å². The van der Waals surface area contributed by atoms with Gasteiger partial charge in [0.1, 0.15) is 0 Å². The first-order chi connectivity index (χ1) is 8.20. The molecular weight excluding hydrogens is 264 g/mol. The zero-order valence-corrected chi connectivity index (χ0v) is 14.8. The quantitative estimate of drug-likeness (QED) is 0.483. The molecule has 0 aromatic rings. The van der Waals surface area contributed by atoms with Gasteiger partial charge in [0.2, 0.25) is 8.32 Å². The molecule has 0 aliphatic carbocycles. The van der Waals surface area contributed by atoms with Gasteiger partial charge in [-0.25, -0.2) is 0 Å². The summed E-state index contributed by atoms with van der Waals surface area (Å²) in [7, 11) is -1.27. The summed E-state index contributed by atoms with van der Waals surface area (Å²) >= 11 is 0. The molecule has 0 aromatic carbocycles. The van der Waals surface area contributed by atoms with Gasteiger partial charge >= 0.3 is 8.80 Å². The van der Waals surface area contributed by atoms with Crippen LogP contribution in [-0.4, -0.2) is 43.7 Å². The van der Waals surface area contributed by atoms with E-state index in [-0.39, 0.29) is 5.73 Å². The first-order valence-corrected chi connectivity index (χ1v) is 11.5. The monoisotopic (exact) mass is 292 g/mol. The van der Waals surface area contributed by atoms with Crippen LogP contribution in [0.25, 0.3) is 0 Å². The van der Waals surface area contributed by atoms with E-state index in [1.165, 1.54) is 0 Å². The molecule has 0 heterocycles. The van der Waals surface area contributed by atoms with Gasteiger partial charge in [-0.05, 0) is 26.4 Å². The minimum atomic E-state index is -2.51. The molecular formula is C12H28O4Si2. The Kier molecular flexibility index (Phi) is 7.57. The van der Waals surface area contributed by atoms with Crippen molar-refractivity contribution in [2.45, 2.75) is 45.6 Å². The molecule has 6 heteroatoms. The maximum absolute atomic E-state index is 6.19. The fourth-order valence-corrected chi connectivity index (χ4v) is 8.41. The van der Waals surface area contributed by atoms with Gasteiger partial charge in [0, 0.05) is 20.8 Å². The molecule has 0 aromatic heterocycles. The van der Waals surface area contributed by atoms with Gasteiger partial charge in [0.25, 0.3) is 0 Å². The topological polar surface area (TPSA) is 36.9 Å². The van der Waals surface area contributed by atoms with Crippen LogP contribution < -0.4 is 0 Å². The first kappa shape index (κ1) is 18.0. The van der Waals surface area contributed by atoms with E-state index in [9.17, 15) is 0 Å².